The molecule has 57 heavy (non-hydrogen) atoms. The van der Waals surface area contributed by atoms with E-state index in [4.69, 9.17) is 0 Å². The molecule has 2 heteroatoms. The van der Waals surface area contributed by atoms with Crippen LogP contribution < -0.4 is 4.90 Å². The molecule has 2 nitrogen and oxygen atoms in total. The highest BCUT2D eigenvalue weighted by Crippen LogP contribution is 2.57. The molecular formula is C55H38N2. The maximum Gasteiger partial charge on any atom is 0.0713 e. The van der Waals surface area contributed by atoms with Crippen molar-refractivity contribution in [3.63, 3.8) is 0 Å². The molecule has 0 amide bonds. The fourth-order valence-corrected chi connectivity index (χ4v) is 9.41. The zero-order chi connectivity index (χ0) is 37.8. The lowest BCUT2D eigenvalue weighted by Crippen LogP contribution is -2.28. The highest BCUT2D eigenvalue weighted by Gasteiger charge is 2.46. The van der Waals surface area contributed by atoms with Crippen LogP contribution in [0.25, 0.3) is 49.7 Å². The molecule has 0 radical (unpaired) electrons. The van der Waals surface area contributed by atoms with E-state index in [9.17, 15) is 0 Å². The fraction of sp³-hybridized carbons (Fsp3) is 0.0182. The van der Waals surface area contributed by atoms with Gasteiger partial charge in [0.2, 0.25) is 0 Å². The van der Waals surface area contributed by atoms with Crippen LogP contribution in [0.2, 0.25) is 0 Å². The summed E-state index contributed by atoms with van der Waals surface area (Å²) in [5, 5.41) is 2.55. The maximum absolute atomic E-state index is 2.40. The Morgan fingerprint density at radius 3 is 1.40 bits per heavy atom. The van der Waals surface area contributed by atoms with E-state index in [0.29, 0.717) is 0 Å². The van der Waals surface area contributed by atoms with Crippen molar-refractivity contribution in [1.82, 2.24) is 4.57 Å². The molecule has 0 fully saturated rings. The number of fused-ring (bicyclic) bond motifs is 6. The average Bonchev–Trinajstić information content (AvgIpc) is 3.79. The first kappa shape index (κ1) is 33.0. The Labute approximate surface area is 333 Å². The second-order valence-electron chi connectivity index (χ2n) is 14.9. The zero-order valence-electron chi connectivity index (χ0n) is 31.3. The first-order chi connectivity index (χ1) is 28.3. The summed E-state index contributed by atoms with van der Waals surface area (Å²) in [5.41, 5.74) is 16.6. The summed E-state index contributed by atoms with van der Waals surface area (Å²) in [5.74, 6) is 0. The Morgan fingerprint density at radius 2 is 0.789 bits per heavy atom. The van der Waals surface area contributed by atoms with Crippen molar-refractivity contribution in [2.24, 2.45) is 0 Å². The minimum Gasteiger partial charge on any atom is -0.310 e. The molecule has 11 rings (SSSR count). The minimum absolute atomic E-state index is 0.427. The molecule has 0 saturated carbocycles. The second-order valence-corrected chi connectivity index (χ2v) is 14.9. The average molecular weight is 727 g/mol. The van der Waals surface area contributed by atoms with Crippen LogP contribution in [0, 0.1) is 0 Å². The summed E-state index contributed by atoms with van der Waals surface area (Å²) in [4.78, 5) is 2.38. The van der Waals surface area contributed by atoms with Crippen LogP contribution in [0.1, 0.15) is 22.3 Å². The van der Waals surface area contributed by atoms with Crippen LogP contribution in [-0.2, 0) is 5.41 Å². The molecule has 9 aromatic carbocycles. The van der Waals surface area contributed by atoms with Crippen LogP contribution in [0.15, 0.2) is 231 Å². The van der Waals surface area contributed by atoms with Gasteiger partial charge in [-0.05, 0) is 105 Å². The minimum atomic E-state index is -0.427. The lowest BCUT2D eigenvalue weighted by atomic mass is 9.68. The van der Waals surface area contributed by atoms with Gasteiger partial charge in [0.15, 0.2) is 0 Å². The Kier molecular flexibility index (Phi) is 7.75. The molecule has 0 saturated heterocycles. The zero-order valence-corrected chi connectivity index (χ0v) is 31.3. The molecule has 1 aromatic heterocycles. The van der Waals surface area contributed by atoms with Gasteiger partial charge < -0.3 is 9.47 Å². The molecule has 0 N–H and O–H groups in total. The van der Waals surface area contributed by atoms with Gasteiger partial charge in [0.25, 0.3) is 0 Å². The summed E-state index contributed by atoms with van der Waals surface area (Å²) in [6.45, 7) is 0. The largest absolute Gasteiger partial charge is 0.310 e. The first-order valence-electron chi connectivity index (χ1n) is 19.7. The number of aromatic nitrogens is 1. The molecular weight excluding hydrogens is 689 g/mol. The second kappa shape index (κ2) is 13.4. The monoisotopic (exact) mass is 726 g/mol. The molecule has 0 aliphatic heterocycles. The van der Waals surface area contributed by atoms with Crippen LogP contribution in [0.5, 0.6) is 0 Å². The van der Waals surface area contributed by atoms with Crippen molar-refractivity contribution in [2.45, 2.75) is 5.41 Å². The molecule has 0 unspecified atom stereocenters. The normalized spacial score (nSPS) is 12.7. The lowest BCUT2D eigenvalue weighted by Gasteiger charge is -2.34. The Balaban J connectivity index is 0.997. The summed E-state index contributed by atoms with van der Waals surface area (Å²) in [6.07, 6.45) is 0. The molecule has 268 valence electrons. The van der Waals surface area contributed by atoms with Gasteiger partial charge in [-0.25, -0.2) is 0 Å². The van der Waals surface area contributed by atoms with Gasteiger partial charge in [-0.15, -0.1) is 0 Å². The van der Waals surface area contributed by atoms with Gasteiger partial charge in [-0.3, -0.25) is 0 Å². The molecule has 1 heterocycles. The Morgan fingerprint density at radius 1 is 0.333 bits per heavy atom. The van der Waals surface area contributed by atoms with Crippen LogP contribution in [0.3, 0.4) is 0 Å². The van der Waals surface area contributed by atoms with E-state index in [2.05, 4.69) is 240 Å². The number of benzene rings is 9. The van der Waals surface area contributed by atoms with Crippen LogP contribution in [-0.4, -0.2) is 4.57 Å². The van der Waals surface area contributed by atoms with Crippen molar-refractivity contribution >= 4 is 38.9 Å². The quantitative estimate of drug-likeness (QED) is 0.159. The van der Waals surface area contributed by atoms with Crippen molar-refractivity contribution in [3.8, 4) is 27.9 Å². The standard InChI is InChI=1S/C55H38N2/c1-4-16-41(17-5-1)55(42-18-6-2-7-19-42)51-25-13-10-22-47(51)50-38-46(36-37-52(50)55)56(43-20-8-3-9-21-43)44-32-28-39(29-33-44)40-30-34-45(35-31-40)57-53-26-14-11-23-48(53)49-24-12-15-27-54(49)57/h1-38H. The van der Waals surface area contributed by atoms with Gasteiger partial charge in [-0.2, -0.15) is 0 Å². The van der Waals surface area contributed by atoms with Gasteiger partial charge in [0.05, 0.1) is 16.4 Å². The van der Waals surface area contributed by atoms with E-state index in [-0.39, 0.29) is 0 Å². The number of rotatable bonds is 7. The van der Waals surface area contributed by atoms with E-state index >= 15 is 0 Å². The van der Waals surface area contributed by atoms with E-state index < -0.39 is 5.41 Å². The van der Waals surface area contributed by atoms with Gasteiger partial charge >= 0.3 is 0 Å². The van der Waals surface area contributed by atoms with Crippen molar-refractivity contribution in [3.05, 3.63) is 253 Å². The summed E-state index contributed by atoms with van der Waals surface area (Å²) >= 11 is 0. The SMILES string of the molecule is c1ccc(N(c2ccc(-c3ccc(-n4c5ccccc5c5ccccc54)cc3)cc2)c2ccc3c(c2)-c2ccccc2C3(c2ccccc2)c2ccccc2)cc1. The van der Waals surface area contributed by atoms with Gasteiger partial charge in [0.1, 0.15) is 0 Å². The van der Waals surface area contributed by atoms with Crippen LogP contribution >= 0.6 is 0 Å². The molecule has 0 bridgehead atoms. The van der Waals surface area contributed by atoms with Gasteiger partial charge in [-0.1, -0.05) is 170 Å². The Bertz CT molecular complexity index is 2940. The molecule has 10 aromatic rings. The summed E-state index contributed by atoms with van der Waals surface area (Å²) in [7, 11) is 0. The number of hydrogen-bond donors (Lipinski definition) is 0. The maximum atomic E-state index is 2.40. The van der Waals surface area contributed by atoms with E-state index in [1.807, 2.05) is 0 Å². The highest BCUT2D eigenvalue weighted by molar-refractivity contribution is 6.09. The van der Waals surface area contributed by atoms with E-state index in [1.165, 1.54) is 66.3 Å². The van der Waals surface area contributed by atoms with Crippen molar-refractivity contribution in [1.29, 1.82) is 0 Å². The molecule has 0 atom stereocenters. The van der Waals surface area contributed by atoms with Gasteiger partial charge in [0, 0.05) is 33.5 Å². The predicted molar refractivity (Wildman–Crippen MR) is 238 cm³/mol. The topological polar surface area (TPSA) is 8.17 Å². The third kappa shape index (κ3) is 5.18. The fourth-order valence-electron chi connectivity index (χ4n) is 9.41. The predicted octanol–water partition coefficient (Wildman–Crippen LogP) is 14.3. The van der Waals surface area contributed by atoms with Crippen molar-refractivity contribution in [2.75, 3.05) is 4.90 Å². The number of anilines is 3. The smallest absolute Gasteiger partial charge is 0.0713 e. The highest BCUT2D eigenvalue weighted by atomic mass is 15.1. The number of para-hydroxylation sites is 3. The first-order valence-corrected chi connectivity index (χ1v) is 19.7. The van der Waals surface area contributed by atoms with Crippen molar-refractivity contribution < 1.29 is 0 Å². The lowest BCUT2D eigenvalue weighted by molar-refractivity contribution is 0.768. The summed E-state index contributed by atoms with van der Waals surface area (Å²) in [6, 6.07) is 84.1. The number of nitrogens with zero attached hydrogens (tertiary/aromatic N) is 2. The summed E-state index contributed by atoms with van der Waals surface area (Å²) < 4.78 is 2.37. The third-order valence-corrected chi connectivity index (χ3v) is 11.9. The third-order valence-electron chi connectivity index (χ3n) is 11.9. The van der Waals surface area contributed by atoms with Crippen LogP contribution in [0.4, 0.5) is 17.1 Å². The van der Waals surface area contributed by atoms with E-state index in [1.54, 1.807) is 0 Å². The molecule has 0 spiro atoms. The number of hydrogen-bond acceptors (Lipinski definition) is 1. The molecule has 1 aliphatic rings. The Hall–Kier alpha value is -7.42. The van der Waals surface area contributed by atoms with E-state index in [0.717, 1.165) is 22.7 Å². The molecule has 1 aliphatic carbocycles.